The Kier molecular flexibility index (Phi) is 3.66. The number of rotatable bonds is 2. The Labute approximate surface area is 128 Å². The van der Waals surface area contributed by atoms with Crippen LogP contribution in [0.25, 0.3) is 0 Å². The molecule has 0 radical (unpaired) electrons. The second-order valence-electron chi connectivity index (χ2n) is 7.22. The number of nitrogens with zero attached hydrogens (tertiary/aromatic N) is 1. The van der Waals surface area contributed by atoms with Crippen molar-refractivity contribution in [1.82, 2.24) is 5.32 Å². The van der Waals surface area contributed by atoms with Gasteiger partial charge in [-0.05, 0) is 82.0 Å². The molecule has 0 spiro atoms. The van der Waals surface area contributed by atoms with Crippen LogP contribution >= 0.6 is 0 Å². The predicted octanol–water partition coefficient (Wildman–Crippen LogP) is 3.67. The molecule has 2 saturated heterocycles. The van der Waals surface area contributed by atoms with Crippen LogP contribution in [0.1, 0.15) is 56.1 Å². The molecule has 2 bridgehead atoms. The van der Waals surface area contributed by atoms with Crippen LogP contribution in [0.4, 0.5) is 5.69 Å². The number of nitrogens with one attached hydrogen (secondary N) is 1. The lowest BCUT2D eigenvalue weighted by Crippen LogP contribution is -2.56. The third kappa shape index (κ3) is 2.38. The van der Waals surface area contributed by atoms with Crippen LogP contribution < -0.4 is 10.2 Å². The van der Waals surface area contributed by atoms with Gasteiger partial charge < -0.3 is 10.2 Å². The first-order valence-corrected chi connectivity index (χ1v) is 8.93. The van der Waals surface area contributed by atoms with E-state index in [9.17, 15) is 0 Å². The van der Waals surface area contributed by atoms with Gasteiger partial charge in [0.1, 0.15) is 0 Å². The van der Waals surface area contributed by atoms with E-state index in [2.05, 4.69) is 35.5 Å². The van der Waals surface area contributed by atoms with Crippen molar-refractivity contribution in [2.75, 3.05) is 11.9 Å². The highest BCUT2D eigenvalue weighted by atomic mass is 15.2. The van der Waals surface area contributed by atoms with Crippen molar-refractivity contribution < 1.29 is 0 Å². The average molecular weight is 284 g/mol. The number of piperidine rings is 2. The molecule has 1 aliphatic carbocycles. The Hall–Kier alpha value is -1.02. The minimum atomic E-state index is 0.732. The normalized spacial score (nSPS) is 31.9. The summed E-state index contributed by atoms with van der Waals surface area (Å²) in [5.74, 6) is 0. The fourth-order valence-electron chi connectivity index (χ4n) is 5.01. The molecule has 114 valence electrons. The SMILES string of the molecule is CNC1CC2CCCC(C1)N2c1cccc2c1CCCC2. The maximum atomic E-state index is 3.54. The van der Waals surface area contributed by atoms with Crippen LogP contribution in [-0.4, -0.2) is 25.2 Å². The molecule has 21 heavy (non-hydrogen) atoms. The molecule has 0 amide bonds. The number of hydrogen-bond donors (Lipinski definition) is 1. The van der Waals surface area contributed by atoms with Crippen LogP contribution in [0.3, 0.4) is 0 Å². The van der Waals surface area contributed by atoms with Crippen molar-refractivity contribution >= 4 is 5.69 Å². The molecule has 1 N–H and O–H groups in total. The van der Waals surface area contributed by atoms with Crippen molar-refractivity contribution in [3.05, 3.63) is 29.3 Å². The summed E-state index contributed by atoms with van der Waals surface area (Å²) in [4.78, 5) is 2.83. The lowest BCUT2D eigenvalue weighted by atomic mass is 9.80. The topological polar surface area (TPSA) is 15.3 Å². The second kappa shape index (κ2) is 5.64. The minimum Gasteiger partial charge on any atom is -0.365 e. The minimum absolute atomic E-state index is 0.732. The summed E-state index contributed by atoms with van der Waals surface area (Å²) in [5.41, 5.74) is 4.91. The predicted molar refractivity (Wildman–Crippen MR) is 89.1 cm³/mol. The van der Waals surface area contributed by atoms with E-state index < -0.39 is 0 Å². The van der Waals surface area contributed by atoms with Crippen LogP contribution in [0.15, 0.2) is 18.2 Å². The van der Waals surface area contributed by atoms with E-state index in [1.807, 2.05) is 0 Å². The fraction of sp³-hybridized carbons (Fsp3) is 0.684. The molecular weight excluding hydrogens is 256 g/mol. The molecule has 2 unspecified atom stereocenters. The van der Waals surface area contributed by atoms with E-state index in [1.165, 1.54) is 57.8 Å². The molecule has 0 saturated carbocycles. The number of hydrogen-bond acceptors (Lipinski definition) is 2. The van der Waals surface area contributed by atoms with Gasteiger partial charge in [-0.2, -0.15) is 0 Å². The summed E-state index contributed by atoms with van der Waals surface area (Å²) < 4.78 is 0. The molecule has 2 atom stereocenters. The van der Waals surface area contributed by atoms with Crippen LogP contribution in [0.5, 0.6) is 0 Å². The van der Waals surface area contributed by atoms with Crippen molar-refractivity contribution in [2.45, 2.75) is 75.9 Å². The van der Waals surface area contributed by atoms with Crippen LogP contribution in [0, 0.1) is 0 Å². The number of benzene rings is 1. The quantitative estimate of drug-likeness (QED) is 0.891. The van der Waals surface area contributed by atoms with Gasteiger partial charge >= 0.3 is 0 Å². The fourth-order valence-corrected chi connectivity index (χ4v) is 5.01. The third-order valence-corrected chi connectivity index (χ3v) is 6.03. The van der Waals surface area contributed by atoms with Gasteiger partial charge in [-0.25, -0.2) is 0 Å². The Morgan fingerprint density at radius 3 is 2.52 bits per heavy atom. The molecule has 4 rings (SSSR count). The molecular formula is C19H28N2. The van der Waals surface area contributed by atoms with Gasteiger partial charge in [0.15, 0.2) is 0 Å². The molecule has 2 nitrogen and oxygen atoms in total. The summed E-state index contributed by atoms with van der Waals surface area (Å²) in [6, 6.07) is 9.35. The zero-order valence-corrected chi connectivity index (χ0v) is 13.3. The molecule has 1 aromatic rings. The molecule has 3 aliphatic rings. The van der Waals surface area contributed by atoms with Gasteiger partial charge in [-0.3, -0.25) is 0 Å². The summed E-state index contributed by atoms with van der Waals surface area (Å²) >= 11 is 0. The molecule has 2 heteroatoms. The van der Waals surface area contributed by atoms with E-state index in [0.717, 1.165) is 18.1 Å². The van der Waals surface area contributed by atoms with Gasteiger partial charge in [0.05, 0.1) is 0 Å². The van der Waals surface area contributed by atoms with Crippen molar-refractivity contribution in [3.63, 3.8) is 0 Å². The monoisotopic (exact) mass is 284 g/mol. The lowest BCUT2D eigenvalue weighted by Gasteiger charge is -2.51. The van der Waals surface area contributed by atoms with E-state index in [-0.39, 0.29) is 0 Å². The Bertz CT molecular complexity index is 496. The molecule has 1 aromatic carbocycles. The first-order valence-electron chi connectivity index (χ1n) is 8.93. The summed E-state index contributed by atoms with van der Waals surface area (Å²) in [6.45, 7) is 0. The molecule has 0 aromatic heterocycles. The lowest BCUT2D eigenvalue weighted by molar-refractivity contribution is 0.252. The smallest absolute Gasteiger partial charge is 0.0406 e. The van der Waals surface area contributed by atoms with E-state index >= 15 is 0 Å². The summed E-state index contributed by atoms with van der Waals surface area (Å²) in [6.07, 6.45) is 12.2. The highest BCUT2D eigenvalue weighted by molar-refractivity contribution is 5.59. The zero-order valence-electron chi connectivity index (χ0n) is 13.3. The van der Waals surface area contributed by atoms with Gasteiger partial charge in [-0.15, -0.1) is 0 Å². The Morgan fingerprint density at radius 1 is 1.00 bits per heavy atom. The Balaban J connectivity index is 1.70. The number of fused-ring (bicyclic) bond motifs is 3. The van der Waals surface area contributed by atoms with E-state index in [4.69, 9.17) is 0 Å². The summed E-state index contributed by atoms with van der Waals surface area (Å²) in [7, 11) is 2.14. The van der Waals surface area contributed by atoms with Crippen molar-refractivity contribution in [3.8, 4) is 0 Å². The first kappa shape index (κ1) is 13.6. The standard InChI is InChI=1S/C19H28N2/c1-20-15-12-16-8-5-9-17(13-15)21(16)19-11-4-7-14-6-2-3-10-18(14)19/h4,7,11,15-17,20H,2-3,5-6,8-10,12-13H2,1H3. The highest BCUT2D eigenvalue weighted by Gasteiger charge is 2.38. The third-order valence-electron chi connectivity index (χ3n) is 6.03. The largest absolute Gasteiger partial charge is 0.365 e. The van der Waals surface area contributed by atoms with Crippen LogP contribution in [-0.2, 0) is 12.8 Å². The highest BCUT2D eigenvalue weighted by Crippen LogP contribution is 2.41. The van der Waals surface area contributed by atoms with Crippen LogP contribution in [0.2, 0.25) is 0 Å². The van der Waals surface area contributed by atoms with Crippen molar-refractivity contribution in [1.29, 1.82) is 0 Å². The first-order chi connectivity index (χ1) is 10.4. The number of aryl methyl sites for hydroxylation is 1. The molecule has 2 fully saturated rings. The van der Waals surface area contributed by atoms with Gasteiger partial charge in [0.2, 0.25) is 0 Å². The van der Waals surface area contributed by atoms with Gasteiger partial charge in [0, 0.05) is 23.8 Å². The molecule has 2 aliphatic heterocycles. The van der Waals surface area contributed by atoms with E-state index in [0.29, 0.717) is 0 Å². The second-order valence-corrected chi connectivity index (χ2v) is 7.22. The number of anilines is 1. The molecule has 2 heterocycles. The zero-order chi connectivity index (χ0) is 14.2. The average Bonchev–Trinajstić information content (AvgIpc) is 2.53. The maximum absolute atomic E-state index is 3.54. The van der Waals surface area contributed by atoms with Gasteiger partial charge in [0.25, 0.3) is 0 Å². The van der Waals surface area contributed by atoms with E-state index in [1.54, 1.807) is 16.8 Å². The van der Waals surface area contributed by atoms with Gasteiger partial charge in [-0.1, -0.05) is 12.1 Å². The maximum Gasteiger partial charge on any atom is 0.0406 e. The summed E-state index contributed by atoms with van der Waals surface area (Å²) in [5, 5.41) is 3.54. The Morgan fingerprint density at radius 2 is 1.76 bits per heavy atom. The van der Waals surface area contributed by atoms with Crippen molar-refractivity contribution in [2.24, 2.45) is 0 Å².